The molecule has 0 saturated carbocycles. The Morgan fingerprint density at radius 3 is 2.73 bits per heavy atom. The van der Waals surface area contributed by atoms with Gasteiger partial charge in [-0.05, 0) is 6.92 Å². The topological polar surface area (TPSA) is 97.1 Å². The summed E-state index contributed by atoms with van der Waals surface area (Å²) >= 11 is 5.64. The molecule has 0 spiro atoms. The number of amides is 1. The number of terminal acetylenes is 1. The first-order chi connectivity index (χ1) is 10.4. The summed E-state index contributed by atoms with van der Waals surface area (Å²) in [5.74, 6) is 0.993. The van der Waals surface area contributed by atoms with Crippen LogP contribution < -0.4 is 10.9 Å². The van der Waals surface area contributed by atoms with Crippen LogP contribution in [0.2, 0.25) is 5.02 Å². The van der Waals surface area contributed by atoms with E-state index in [-0.39, 0.29) is 12.5 Å². The third-order valence-electron chi connectivity index (χ3n) is 2.81. The molecule has 1 amide bonds. The smallest absolute Gasteiger partial charge is 0.268 e. The van der Waals surface area contributed by atoms with E-state index in [2.05, 4.69) is 21.2 Å². The molecule has 2 aromatic rings. The molecular formula is C14H11ClN4O3. The predicted molar refractivity (Wildman–Crippen MR) is 80.9 cm³/mol. The standard InChI is InChI=1S/C14H11ClN4O3/c1-3-4-19-8(2)5-10(20)11(13(19)22)12(21)18-14-16-6-9(15)7-17-14/h1,5-7,20H,4H2,2H3,(H,16,17,18,21). The van der Waals surface area contributed by atoms with Crippen molar-refractivity contribution >= 4 is 23.5 Å². The summed E-state index contributed by atoms with van der Waals surface area (Å²) in [7, 11) is 0. The number of carbonyl (C=O) groups is 1. The fourth-order valence-electron chi connectivity index (χ4n) is 1.79. The Labute approximate surface area is 130 Å². The van der Waals surface area contributed by atoms with Gasteiger partial charge >= 0.3 is 0 Å². The van der Waals surface area contributed by atoms with E-state index in [0.29, 0.717) is 10.7 Å². The third-order valence-corrected chi connectivity index (χ3v) is 3.00. The highest BCUT2D eigenvalue weighted by atomic mass is 35.5. The van der Waals surface area contributed by atoms with Gasteiger partial charge < -0.3 is 9.67 Å². The number of nitrogens with one attached hydrogen (secondary N) is 1. The van der Waals surface area contributed by atoms with Gasteiger partial charge in [0, 0.05) is 11.8 Å². The zero-order valence-electron chi connectivity index (χ0n) is 11.5. The van der Waals surface area contributed by atoms with Gasteiger partial charge in [0.1, 0.15) is 11.3 Å². The number of hydrogen-bond donors (Lipinski definition) is 2. The minimum atomic E-state index is -0.837. The van der Waals surface area contributed by atoms with Crippen molar-refractivity contribution in [2.24, 2.45) is 0 Å². The van der Waals surface area contributed by atoms with E-state index in [1.165, 1.54) is 23.0 Å². The maximum Gasteiger partial charge on any atom is 0.268 e. The van der Waals surface area contributed by atoms with E-state index in [0.717, 1.165) is 0 Å². The van der Waals surface area contributed by atoms with Crippen molar-refractivity contribution in [1.82, 2.24) is 14.5 Å². The summed E-state index contributed by atoms with van der Waals surface area (Å²) in [4.78, 5) is 32.0. The Bertz CT molecular complexity index is 822. The number of anilines is 1. The van der Waals surface area contributed by atoms with Crippen LogP contribution in [0.25, 0.3) is 0 Å². The van der Waals surface area contributed by atoms with Crippen LogP contribution in [0.3, 0.4) is 0 Å². The summed E-state index contributed by atoms with van der Waals surface area (Å²) in [6.45, 7) is 1.59. The molecule has 0 aliphatic carbocycles. The highest BCUT2D eigenvalue weighted by Crippen LogP contribution is 2.16. The maximum atomic E-state index is 12.3. The van der Waals surface area contributed by atoms with Crippen LogP contribution in [0.5, 0.6) is 5.75 Å². The number of halogens is 1. The minimum Gasteiger partial charge on any atom is -0.507 e. The number of nitrogens with zero attached hydrogens (tertiary/aromatic N) is 3. The SMILES string of the molecule is C#CCn1c(C)cc(O)c(C(=O)Nc2ncc(Cl)cn2)c1=O. The molecule has 0 atom stereocenters. The highest BCUT2D eigenvalue weighted by molar-refractivity contribution is 6.30. The van der Waals surface area contributed by atoms with Crippen LogP contribution in [0.15, 0.2) is 23.3 Å². The van der Waals surface area contributed by atoms with Gasteiger partial charge in [-0.1, -0.05) is 17.5 Å². The highest BCUT2D eigenvalue weighted by Gasteiger charge is 2.20. The molecule has 22 heavy (non-hydrogen) atoms. The Morgan fingerprint density at radius 1 is 1.50 bits per heavy atom. The zero-order valence-corrected chi connectivity index (χ0v) is 12.3. The molecule has 0 aromatic carbocycles. The summed E-state index contributed by atoms with van der Waals surface area (Å²) in [5.41, 5.74) is -0.680. The van der Waals surface area contributed by atoms with Crippen molar-refractivity contribution < 1.29 is 9.90 Å². The fraction of sp³-hybridized carbons (Fsp3) is 0.143. The zero-order chi connectivity index (χ0) is 16.3. The average molecular weight is 319 g/mol. The van der Waals surface area contributed by atoms with Crippen molar-refractivity contribution in [1.29, 1.82) is 0 Å². The quantitative estimate of drug-likeness (QED) is 0.829. The summed E-state index contributed by atoms with van der Waals surface area (Å²) in [6.07, 6.45) is 7.77. The molecule has 7 nitrogen and oxygen atoms in total. The number of carbonyl (C=O) groups excluding carboxylic acids is 1. The first kappa shape index (κ1) is 15.5. The van der Waals surface area contributed by atoms with Crippen molar-refractivity contribution in [3.63, 3.8) is 0 Å². The molecule has 112 valence electrons. The van der Waals surface area contributed by atoms with Crippen LogP contribution in [-0.4, -0.2) is 25.5 Å². The maximum absolute atomic E-state index is 12.3. The molecule has 0 bridgehead atoms. The molecule has 0 fully saturated rings. The van der Waals surface area contributed by atoms with E-state index in [9.17, 15) is 14.7 Å². The first-order valence-corrected chi connectivity index (χ1v) is 6.47. The molecule has 2 heterocycles. The van der Waals surface area contributed by atoms with Crippen LogP contribution >= 0.6 is 11.6 Å². The molecule has 2 N–H and O–H groups in total. The monoisotopic (exact) mass is 318 g/mol. The van der Waals surface area contributed by atoms with Crippen LogP contribution in [-0.2, 0) is 6.54 Å². The molecule has 8 heteroatoms. The molecule has 0 aliphatic heterocycles. The van der Waals surface area contributed by atoms with Gasteiger partial charge in [-0.15, -0.1) is 6.42 Å². The van der Waals surface area contributed by atoms with E-state index < -0.39 is 22.8 Å². The second kappa shape index (κ2) is 6.28. The van der Waals surface area contributed by atoms with Crippen molar-refractivity contribution in [3.05, 3.63) is 45.1 Å². The molecule has 2 rings (SSSR count). The van der Waals surface area contributed by atoms with Gasteiger partial charge in [-0.2, -0.15) is 0 Å². The average Bonchev–Trinajstić information content (AvgIpc) is 2.45. The van der Waals surface area contributed by atoms with Crippen LogP contribution in [0.1, 0.15) is 16.1 Å². The third kappa shape index (κ3) is 3.07. The van der Waals surface area contributed by atoms with Crippen molar-refractivity contribution in [2.75, 3.05) is 5.32 Å². The van der Waals surface area contributed by atoms with E-state index in [1.807, 2.05) is 0 Å². The fourth-order valence-corrected chi connectivity index (χ4v) is 1.89. The lowest BCUT2D eigenvalue weighted by molar-refractivity contribution is 0.102. The van der Waals surface area contributed by atoms with E-state index in [4.69, 9.17) is 18.0 Å². The first-order valence-electron chi connectivity index (χ1n) is 6.09. The molecule has 0 radical (unpaired) electrons. The van der Waals surface area contributed by atoms with Crippen LogP contribution in [0, 0.1) is 19.3 Å². The van der Waals surface area contributed by atoms with Gasteiger partial charge in [0.15, 0.2) is 0 Å². The van der Waals surface area contributed by atoms with E-state index in [1.54, 1.807) is 6.92 Å². The summed E-state index contributed by atoms with van der Waals surface area (Å²) in [5, 5.41) is 12.5. The molecule has 0 unspecified atom stereocenters. The largest absolute Gasteiger partial charge is 0.507 e. The lowest BCUT2D eigenvalue weighted by Crippen LogP contribution is -2.30. The Balaban J connectivity index is 2.41. The molecular weight excluding hydrogens is 308 g/mol. The van der Waals surface area contributed by atoms with Crippen molar-refractivity contribution in [3.8, 4) is 18.1 Å². The number of aromatic hydroxyl groups is 1. The number of aryl methyl sites for hydroxylation is 1. The number of rotatable bonds is 3. The van der Waals surface area contributed by atoms with E-state index >= 15 is 0 Å². The minimum absolute atomic E-state index is 0.0112. The second-order valence-electron chi connectivity index (χ2n) is 4.32. The van der Waals surface area contributed by atoms with Crippen molar-refractivity contribution in [2.45, 2.75) is 13.5 Å². The number of aromatic nitrogens is 3. The summed E-state index contributed by atoms with van der Waals surface area (Å²) in [6, 6.07) is 1.29. The Kier molecular flexibility index (Phi) is 4.44. The van der Waals surface area contributed by atoms with Crippen LogP contribution in [0.4, 0.5) is 5.95 Å². The predicted octanol–water partition coefficient (Wildman–Crippen LogP) is 1.19. The van der Waals surface area contributed by atoms with Gasteiger partial charge in [0.05, 0.1) is 24.0 Å². The molecule has 2 aromatic heterocycles. The Morgan fingerprint density at radius 2 is 2.14 bits per heavy atom. The van der Waals surface area contributed by atoms with Gasteiger partial charge in [0.25, 0.3) is 11.5 Å². The van der Waals surface area contributed by atoms with Gasteiger partial charge in [-0.25, -0.2) is 9.97 Å². The van der Waals surface area contributed by atoms with Gasteiger partial charge in [-0.3, -0.25) is 14.9 Å². The number of hydrogen-bond acceptors (Lipinski definition) is 5. The molecule has 0 saturated heterocycles. The van der Waals surface area contributed by atoms with Gasteiger partial charge in [0.2, 0.25) is 5.95 Å². The Hall–Kier alpha value is -2.85. The molecule has 0 aliphatic rings. The lowest BCUT2D eigenvalue weighted by atomic mass is 10.2. The second-order valence-corrected chi connectivity index (χ2v) is 4.76. The normalized spacial score (nSPS) is 10.0. The lowest BCUT2D eigenvalue weighted by Gasteiger charge is -2.11. The summed E-state index contributed by atoms with van der Waals surface area (Å²) < 4.78 is 1.21. The number of pyridine rings is 1.